The van der Waals surface area contributed by atoms with Gasteiger partial charge in [0.05, 0.1) is 37.1 Å². The molecule has 0 aliphatic heterocycles. The second kappa shape index (κ2) is 18.5. The third kappa shape index (κ3) is 15.4. The van der Waals surface area contributed by atoms with Crippen molar-refractivity contribution in [3.63, 3.8) is 0 Å². The number of quaternary nitrogens is 1. The standard InChI is InChI=1S/C27H48N3O5P/c1-5-6-7-8-9-10-11-12-13-14-15-16-17-18-27(31)28-25-23-24(29(32)33)19-20-26(25)36(34)35-22-21-30(2,3)4/h19-20,23,36H,5-18,21-22H2,1-4H3/p+1. The first kappa shape index (κ1) is 32.3. The second-order valence-corrected chi connectivity index (χ2v) is 12.1. The van der Waals surface area contributed by atoms with Crippen molar-refractivity contribution in [3.8, 4) is 0 Å². The molecule has 1 atom stereocenters. The van der Waals surface area contributed by atoms with E-state index in [2.05, 4.69) is 12.2 Å². The molecule has 0 heterocycles. The molecule has 9 heteroatoms. The van der Waals surface area contributed by atoms with Crippen LogP contribution in [0.25, 0.3) is 0 Å². The van der Waals surface area contributed by atoms with Crippen molar-refractivity contribution in [2.24, 2.45) is 0 Å². The molecule has 1 unspecified atom stereocenters. The first-order valence-corrected chi connectivity index (χ1v) is 15.0. The van der Waals surface area contributed by atoms with Gasteiger partial charge in [-0.1, -0.05) is 84.0 Å². The van der Waals surface area contributed by atoms with Gasteiger partial charge in [0, 0.05) is 18.6 Å². The molecular formula is C27H49N3O5P+. The van der Waals surface area contributed by atoms with Crippen molar-refractivity contribution in [1.29, 1.82) is 0 Å². The number of rotatable bonds is 21. The number of carbonyl (C=O) groups excluding carboxylic acids is 1. The van der Waals surface area contributed by atoms with Crippen molar-refractivity contribution in [2.75, 3.05) is 39.6 Å². The molecule has 1 rings (SSSR count). The first-order chi connectivity index (χ1) is 17.1. The molecule has 0 radical (unpaired) electrons. The molecule has 36 heavy (non-hydrogen) atoms. The smallest absolute Gasteiger partial charge is 0.271 e. The normalized spacial score (nSPS) is 12.4. The highest BCUT2D eigenvalue weighted by atomic mass is 31.1. The maximum Gasteiger partial charge on any atom is 0.271 e. The van der Waals surface area contributed by atoms with Crippen LogP contribution < -0.4 is 10.6 Å². The number of hydrogen-bond acceptors (Lipinski definition) is 5. The van der Waals surface area contributed by atoms with Gasteiger partial charge in [-0.25, -0.2) is 0 Å². The van der Waals surface area contributed by atoms with Crippen LogP contribution in [0.1, 0.15) is 96.8 Å². The average molecular weight is 527 g/mol. The van der Waals surface area contributed by atoms with Crippen LogP contribution in [0, 0.1) is 10.1 Å². The van der Waals surface area contributed by atoms with E-state index in [1.807, 2.05) is 21.1 Å². The highest BCUT2D eigenvalue weighted by Gasteiger charge is 2.18. The predicted molar refractivity (Wildman–Crippen MR) is 150 cm³/mol. The summed E-state index contributed by atoms with van der Waals surface area (Å²) in [6.07, 6.45) is 16.4. The van der Waals surface area contributed by atoms with E-state index >= 15 is 0 Å². The fraction of sp³-hybridized carbons (Fsp3) is 0.741. The summed E-state index contributed by atoms with van der Waals surface area (Å²) < 4.78 is 18.9. The van der Waals surface area contributed by atoms with E-state index in [4.69, 9.17) is 4.52 Å². The van der Waals surface area contributed by atoms with Crippen LogP contribution in [-0.2, 0) is 13.9 Å². The summed E-state index contributed by atoms with van der Waals surface area (Å²) in [6.45, 7) is 3.21. The highest BCUT2D eigenvalue weighted by Crippen LogP contribution is 2.29. The van der Waals surface area contributed by atoms with Gasteiger partial charge in [-0.2, -0.15) is 0 Å². The Morgan fingerprint density at radius 3 is 1.97 bits per heavy atom. The number of non-ortho nitro benzene ring substituents is 1. The van der Waals surface area contributed by atoms with Crippen molar-refractivity contribution in [1.82, 2.24) is 0 Å². The summed E-state index contributed by atoms with van der Waals surface area (Å²) in [5.41, 5.74) is 0.0502. The van der Waals surface area contributed by atoms with E-state index in [1.165, 1.54) is 82.4 Å². The number of nitrogens with one attached hydrogen (secondary N) is 1. The molecule has 0 aromatic heterocycles. The lowest BCUT2D eigenvalue weighted by Crippen LogP contribution is -2.37. The first-order valence-electron chi connectivity index (χ1n) is 13.7. The van der Waals surface area contributed by atoms with Gasteiger partial charge < -0.3 is 14.3 Å². The number of benzene rings is 1. The molecule has 8 nitrogen and oxygen atoms in total. The minimum absolute atomic E-state index is 0.156. The Balaban J connectivity index is 2.37. The maximum absolute atomic E-state index is 12.7. The molecule has 1 amide bonds. The van der Waals surface area contributed by atoms with Crippen molar-refractivity contribution in [2.45, 2.75) is 96.8 Å². The van der Waals surface area contributed by atoms with Crippen LogP contribution in [0.5, 0.6) is 0 Å². The molecule has 0 spiro atoms. The minimum atomic E-state index is -2.65. The average Bonchev–Trinajstić information content (AvgIpc) is 2.81. The van der Waals surface area contributed by atoms with Crippen LogP contribution in [-0.4, -0.2) is 49.6 Å². The number of amides is 1. The van der Waals surface area contributed by atoms with Crippen LogP contribution in [0.4, 0.5) is 11.4 Å². The fourth-order valence-electron chi connectivity index (χ4n) is 3.93. The Hall–Kier alpha value is -1.76. The van der Waals surface area contributed by atoms with Crippen LogP contribution in [0.15, 0.2) is 18.2 Å². The summed E-state index contributed by atoms with van der Waals surface area (Å²) in [6, 6.07) is 3.98. The largest absolute Gasteiger partial charge is 0.329 e. The van der Waals surface area contributed by atoms with Crippen molar-refractivity contribution in [3.05, 3.63) is 28.3 Å². The number of nitrogens with zero attached hydrogens (tertiary/aromatic N) is 2. The maximum atomic E-state index is 12.7. The number of unbranched alkanes of at least 4 members (excludes halogenated alkanes) is 12. The van der Waals surface area contributed by atoms with Gasteiger partial charge in [0.1, 0.15) is 13.2 Å². The van der Waals surface area contributed by atoms with Gasteiger partial charge in [-0.15, -0.1) is 0 Å². The van der Waals surface area contributed by atoms with E-state index in [1.54, 1.807) is 0 Å². The number of nitro benzene ring substituents is 1. The Morgan fingerprint density at radius 1 is 0.944 bits per heavy atom. The predicted octanol–water partition coefficient (Wildman–Crippen LogP) is 6.84. The lowest BCUT2D eigenvalue weighted by molar-refractivity contribution is -0.870. The fourth-order valence-corrected chi connectivity index (χ4v) is 4.94. The van der Waals surface area contributed by atoms with E-state index in [-0.39, 0.29) is 17.3 Å². The summed E-state index contributed by atoms with van der Waals surface area (Å²) >= 11 is 0. The van der Waals surface area contributed by atoms with Crippen LogP contribution >= 0.6 is 8.03 Å². The highest BCUT2D eigenvalue weighted by molar-refractivity contribution is 7.48. The van der Waals surface area contributed by atoms with Crippen LogP contribution in [0.3, 0.4) is 0 Å². The van der Waals surface area contributed by atoms with Gasteiger partial charge in [0.25, 0.3) is 5.69 Å². The molecule has 0 aliphatic carbocycles. The Bertz CT molecular complexity index is 811. The van der Waals surface area contributed by atoms with Gasteiger partial charge >= 0.3 is 0 Å². The summed E-state index contributed by atoms with van der Waals surface area (Å²) in [4.78, 5) is 23.2. The second-order valence-electron chi connectivity index (χ2n) is 10.7. The lowest BCUT2D eigenvalue weighted by atomic mass is 10.0. The minimum Gasteiger partial charge on any atom is -0.329 e. The number of hydrogen-bond donors (Lipinski definition) is 1. The Morgan fingerprint density at radius 2 is 1.47 bits per heavy atom. The summed E-state index contributed by atoms with van der Waals surface area (Å²) in [5.74, 6) is -0.221. The van der Waals surface area contributed by atoms with Gasteiger partial charge in [0.15, 0.2) is 0 Å². The van der Waals surface area contributed by atoms with Crippen molar-refractivity contribution >= 4 is 30.6 Å². The van der Waals surface area contributed by atoms with E-state index in [0.29, 0.717) is 29.4 Å². The third-order valence-corrected chi connectivity index (χ3v) is 7.55. The zero-order valence-corrected chi connectivity index (χ0v) is 24.0. The number of likely N-dealkylation sites (N-methyl/N-ethyl adjacent to an activating group) is 1. The molecule has 0 saturated heterocycles. The molecule has 0 saturated carbocycles. The zero-order chi connectivity index (χ0) is 26.8. The monoisotopic (exact) mass is 526 g/mol. The summed E-state index contributed by atoms with van der Waals surface area (Å²) in [5, 5.41) is 14.2. The third-order valence-electron chi connectivity index (χ3n) is 6.21. The summed E-state index contributed by atoms with van der Waals surface area (Å²) in [7, 11) is 3.37. The molecule has 0 fully saturated rings. The molecule has 206 valence electrons. The molecule has 1 N–H and O–H groups in total. The van der Waals surface area contributed by atoms with Crippen molar-refractivity contribution < 1.29 is 23.3 Å². The molecule has 1 aromatic carbocycles. The quantitative estimate of drug-likeness (QED) is 0.0622. The van der Waals surface area contributed by atoms with Gasteiger partial charge in [0.2, 0.25) is 13.9 Å². The van der Waals surface area contributed by atoms with E-state index < -0.39 is 13.0 Å². The van der Waals surface area contributed by atoms with E-state index in [9.17, 15) is 19.5 Å². The number of anilines is 1. The Labute approximate surface area is 218 Å². The molecule has 0 bridgehead atoms. The number of nitro groups is 1. The lowest BCUT2D eigenvalue weighted by Gasteiger charge is -2.23. The topological polar surface area (TPSA) is 98.5 Å². The van der Waals surface area contributed by atoms with E-state index in [0.717, 1.165) is 19.3 Å². The zero-order valence-electron chi connectivity index (χ0n) is 23.0. The molecular weight excluding hydrogens is 477 g/mol. The number of carbonyl (C=O) groups is 1. The van der Waals surface area contributed by atoms with Crippen LogP contribution in [0.2, 0.25) is 0 Å². The molecule has 0 aliphatic rings. The van der Waals surface area contributed by atoms with Gasteiger partial charge in [-0.05, 0) is 12.5 Å². The Kier molecular flexibility index (Phi) is 16.6. The molecule has 1 aromatic rings. The van der Waals surface area contributed by atoms with Gasteiger partial charge in [-0.3, -0.25) is 19.5 Å². The SMILES string of the molecule is CCCCCCCCCCCCCCCC(=O)Nc1cc([N+](=O)[O-])ccc1[PH](=O)OCC[N+](C)(C)C.